The van der Waals surface area contributed by atoms with E-state index in [0.717, 1.165) is 12.1 Å². The Morgan fingerprint density at radius 1 is 1.37 bits per heavy atom. The molecule has 2 nitrogen and oxygen atoms in total. The molecule has 100 valence electrons. The molecule has 1 atom stereocenters. The molecule has 2 rings (SSSR count). The number of carbonyl (C=O) groups excluding carboxylic acids is 1. The first-order chi connectivity index (χ1) is 8.95. The SMILES string of the molecule is C=C=C[C@@H]1CCC(=O)N1c1ccccc1C(C)(C)C. The molecule has 0 N–H and O–H groups in total. The van der Waals surface area contributed by atoms with E-state index in [1.54, 1.807) is 0 Å². The molecule has 1 saturated heterocycles. The van der Waals surface area contributed by atoms with Gasteiger partial charge in [-0.1, -0.05) is 45.5 Å². The molecule has 1 heterocycles. The van der Waals surface area contributed by atoms with Crippen LogP contribution in [-0.4, -0.2) is 11.9 Å². The van der Waals surface area contributed by atoms with Crippen LogP contribution in [0.4, 0.5) is 5.69 Å². The second-order valence-corrected chi connectivity index (χ2v) is 6.01. The maximum absolute atomic E-state index is 12.2. The first kappa shape index (κ1) is 13.6. The minimum absolute atomic E-state index is 0.0158. The summed E-state index contributed by atoms with van der Waals surface area (Å²) in [6.07, 6.45) is 3.34. The molecule has 0 spiro atoms. The van der Waals surface area contributed by atoms with E-state index in [1.165, 1.54) is 5.56 Å². The third kappa shape index (κ3) is 2.64. The molecule has 19 heavy (non-hydrogen) atoms. The van der Waals surface area contributed by atoms with Crippen molar-refractivity contribution in [2.45, 2.75) is 45.1 Å². The van der Waals surface area contributed by atoms with Crippen molar-refractivity contribution in [3.8, 4) is 0 Å². The molecule has 0 aromatic heterocycles. The van der Waals surface area contributed by atoms with E-state index in [1.807, 2.05) is 29.2 Å². The molecule has 1 amide bonds. The van der Waals surface area contributed by atoms with E-state index >= 15 is 0 Å². The summed E-state index contributed by atoms with van der Waals surface area (Å²) in [5.41, 5.74) is 5.06. The highest BCUT2D eigenvalue weighted by molar-refractivity contribution is 5.97. The minimum Gasteiger partial charge on any atom is -0.305 e. The lowest BCUT2D eigenvalue weighted by Crippen LogP contribution is -2.33. The molecule has 1 aliphatic rings. The van der Waals surface area contributed by atoms with Crippen molar-refractivity contribution in [2.75, 3.05) is 4.90 Å². The second-order valence-electron chi connectivity index (χ2n) is 6.01. The van der Waals surface area contributed by atoms with Crippen LogP contribution in [0.3, 0.4) is 0 Å². The van der Waals surface area contributed by atoms with Crippen molar-refractivity contribution in [1.82, 2.24) is 0 Å². The summed E-state index contributed by atoms with van der Waals surface area (Å²) in [5.74, 6) is 0.188. The third-order valence-electron chi connectivity index (χ3n) is 3.54. The van der Waals surface area contributed by atoms with Gasteiger partial charge in [0.1, 0.15) is 0 Å². The Morgan fingerprint density at radius 3 is 2.68 bits per heavy atom. The van der Waals surface area contributed by atoms with Crippen LogP contribution in [0.5, 0.6) is 0 Å². The molecule has 0 saturated carbocycles. The molecule has 0 aliphatic carbocycles. The molecular weight excluding hydrogens is 234 g/mol. The molecule has 1 aliphatic heterocycles. The molecule has 0 bridgehead atoms. The number of nitrogens with zero attached hydrogens (tertiary/aromatic N) is 1. The van der Waals surface area contributed by atoms with Gasteiger partial charge in [-0.05, 0) is 29.5 Å². The Bertz CT molecular complexity index is 532. The quantitative estimate of drug-likeness (QED) is 0.736. The van der Waals surface area contributed by atoms with Gasteiger partial charge in [0.15, 0.2) is 0 Å². The van der Waals surface area contributed by atoms with E-state index < -0.39 is 0 Å². The van der Waals surface area contributed by atoms with Crippen molar-refractivity contribution in [3.05, 3.63) is 48.2 Å². The average Bonchev–Trinajstić information content (AvgIpc) is 2.70. The Hall–Kier alpha value is -1.79. The summed E-state index contributed by atoms with van der Waals surface area (Å²) >= 11 is 0. The summed E-state index contributed by atoms with van der Waals surface area (Å²) in [5, 5.41) is 0. The standard InChI is InChI=1S/C17H21NO/c1-5-8-13-11-12-16(19)18(13)15-10-7-6-9-14(15)17(2,3)4/h6-10,13H,1,11-12H2,2-4H3/t13-/m1/s1. The van der Waals surface area contributed by atoms with Gasteiger partial charge in [-0.3, -0.25) is 4.79 Å². The summed E-state index contributed by atoms with van der Waals surface area (Å²) < 4.78 is 0. The van der Waals surface area contributed by atoms with E-state index in [0.29, 0.717) is 6.42 Å². The number of hydrogen-bond acceptors (Lipinski definition) is 1. The lowest BCUT2D eigenvalue weighted by molar-refractivity contribution is -0.117. The monoisotopic (exact) mass is 255 g/mol. The largest absolute Gasteiger partial charge is 0.305 e. The van der Waals surface area contributed by atoms with Crippen molar-refractivity contribution in [1.29, 1.82) is 0 Å². The zero-order valence-electron chi connectivity index (χ0n) is 11.9. The predicted molar refractivity (Wildman–Crippen MR) is 79.4 cm³/mol. The summed E-state index contributed by atoms with van der Waals surface area (Å²) in [7, 11) is 0. The van der Waals surface area contributed by atoms with E-state index in [-0.39, 0.29) is 17.4 Å². The number of amides is 1. The van der Waals surface area contributed by atoms with Gasteiger partial charge in [0.05, 0.1) is 6.04 Å². The smallest absolute Gasteiger partial charge is 0.227 e. The number of para-hydroxylation sites is 1. The average molecular weight is 255 g/mol. The summed E-state index contributed by atoms with van der Waals surface area (Å²) in [6, 6.07) is 8.26. The van der Waals surface area contributed by atoms with Gasteiger partial charge in [-0.2, -0.15) is 0 Å². The number of anilines is 1. The predicted octanol–water partition coefficient (Wildman–Crippen LogP) is 3.82. The highest BCUT2D eigenvalue weighted by Crippen LogP contribution is 2.36. The van der Waals surface area contributed by atoms with Gasteiger partial charge in [-0.15, -0.1) is 5.73 Å². The first-order valence-electron chi connectivity index (χ1n) is 6.72. The van der Waals surface area contributed by atoms with Crippen LogP contribution in [0.1, 0.15) is 39.2 Å². The zero-order valence-corrected chi connectivity index (χ0v) is 11.9. The van der Waals surface area contributed by atoms with E-state index in [4.69, 9.17) is 0 Å². The zero-order chi connectivity index (χ0) is 14.0. The maximum Gasteiger partial charge on any atom is 0.227 e. The van der Waals surface area contributed by atoms with Crippen LogP contribution in [-0.2, 0) is 10.2 Å². The number of hydrogen-bond donors (Lipinski definition) is 0. The normalized spacial score (nSPS) is 19.4. The van der Waals surface area contributed by atoms with Gasteiger partial charge in [0.2, 0.25) is 5.91 Å². The Balaban J connectivity index is 2.51. The van der Waals surface area contributed by atoms with Crippen LogP contribution in [0.2, 0.25) is 0 Å². The van der Waals surface area contributed by atoms with Gasteiger partial charge in [-0.25, -0.2) is 0 Å². The summed E-state index contributed by atoms with van der Waals surface area (Å²) in [4.78, 5) is 14.1. The van der Waals surface area contributed by atoms with Crippen LogP contribution < -0.4 is 4.90 Å². The number of benzene rings is 1. The van der Waals surface area contributed by atoms with Crippen LogP contribution in [0, 0.1) is 0 Å². The molecule has 2 heteroatoms. The maximum atomic E-state index is 12.2. The van der Waals surface area contributed by atoms with Crippen molar-refractivity contribution < 1.29 is 4.79 Å². The number of carbonyl (C=O) groups is 1. The molecule has 0 radical (unpaired) electrons. The summed E-state index contributed by atoms with van der Waals surface area (Å²) in [6.45, 7) is 10.1. The highest BCUT2D eigenvalue weighted by atomic mass is 16.2. The van der Waals surface area contributed by atoms with Gasteiger partial charge in [0, 0.05) is 12.1 Å². The van der Waals surface area contributed by atoms with Crippen LogP contribution in [0.15, 0.2) is 42.7 Å². The van der Waals surface area contributed by atoms with E-state index in [2.05, 4.69) is 39.1 Å². The first-order valence-corrected chi connectivity index (χ1v) is 6.72. The lowest BCUT2D eigenvalue weighted by Gasteiger charge is -2.30. The molecular formula is C17H21NO. The Morgan fingerprint density at radius 2 is 2.05 bits per heavy atom. The van der Waals surface area contributed by atoms with Crippen molar-refractivity contribution in [2.24, 2.45) is 0 Å². The van der Waals surface area contributed by atoms with Crippen LogP contribution in [0.25, 0.3) is 0 Å². The highest BCUT2D eigenvalue weighted by Gasteiger charge is 2.33. The van der Waals surface area contributed by atoms with Gasteiger partial charge in [0.25, 0.3) is 0 Å². The van der Waals surface area contributed by atoms with E-state index in [9.17, 15) is 4.79 Å². The Labute approximate surface area is 115 Å². The lowest BCUT2D eigenvalue weighted by atomic mass is 9.85. The molecule has 0 unspecified atom stereocenters. The fourth-order valence-electron chi connectivity index (χ4n) is 2.63. The minimum atomic E-state index is 0.0158. The third-order valence-corrected chi connectivity index (χ3v) is 3.54. The molecule has 1 aromatic rings. The van der Waals surface area contributed by atoms with Crippen molar-refractivity contribution in [3.63, 3.8) is 0 Å². The van der Waals surface area contributed by atoms with Gasteiger partial charge < -0.3 is 4.90 Å². The topological polar surface area (TPSA) is 20.3 Å². The van der Waals surface area contributed by atoms with Crippen LogP contribution >= 0.6 is 0 Å². The molecule has 1 fully saturated rings. The fourth-order valence-corrected chi connectivity index (χ4v) is 2.63. The Kier molecular flexibility index (Phi) is 3.64. The van der Waals surface area contributed by atoms with Gasteiger partial charge >= 0.3 is 0 Å². The fraction of sp³-hybridized carbons (Fsp3) is 0.412. The number of rotatable bonds is 2. The second kappa shape index (κ2) is 5.07. The van der Waals surface area contributed by atoms with Crippen molar-refractivity contribution >= 4 is 11.6 Å². The molecule has 1 aromatic carbocycles.